The molecule has 0 saturated carbocycles. The highest BCUT2D eigenvalue weighted by atomic mass is 31.1. The van der Waals surface area contributed by atoms with E-state index in [-0.39, 0.29) is 0 Å². The van der Waals surface area contributed by atoms with Crippen molar-refractivity contribution < 1.29 is 23.1 Å². The van der Waals surface area contributed by atoms with Gasteiger partial charge in [0.2, 0.25) is 0 Å². The Bertz CT molecular complexity index is 286. The summed E-state index contributed by atoms with van der Waals surface area (Å²) in [5.41, 5.74) is 0. The van der Waals surface area contributed by atoms with Gasteiger partial charge in [0, 0.05) is 12.5 Å². The van der Waals surface area contributed by atoms with Gasteiger partial charge in [-0.1, -0.05) is 13.5 Å². The Kier molecular flexibility index (Phi) is 7.19. The molecule has 0 aromatic carbocycles. The molecular weight excluding hydrogens is 241 g/mol. The quantitative estimate of drug-likeness (QED) is 0.290. The molecule has 0 amide bonds. The molecule has 0 aliphatic carbocycles. The van der Waals surface area contributed by atoms with E-state index in [2.05, 4.69) is 6.58 Å². The number of hydrogen-bond donors (Lipinski definition) is 0. The van der Waals surface area contributed by atoms with Gasteiger partial charge in [0.15, 0.2) is 6.61 Å². The minimum atomic E-state index is -1.99. The van der Waals surface area contributed by atoms with Gasteiger partial charge in [-0.05, 0) is 4.57 Å². The van der Waals surface area contributed by atoms with Crippen LogP contribution in [0.2, 0.25) is 0 Å². The molecule has 0 aliphatic heterocycles. The largest absolute Gasteiger partial charge is 0.553 e. The Hall–Kier alpha value is -0.770. The van der Waals surface area contributed by atoms with Crippen molar-refractivity contribution in [2.45, 2.75) is 19.2 Å². The van der Waals surface area contributed by atoms with Crippen molar-refractivity contribution in [2.24, 2.45) is 0 Å². The fourth-order valence-corrected chi connectivity index (χ4v) is 1.86. The van der Waals surface area contributed by atoms with Gasteiger partial charge >= 0.3 is 19.8 Å². The molecule has 0 saturated heterocycles. The van der Waals surface area contributed by atoms with Gasteiger partial charge in [-0.2, -0.15) is 0 Å². The molecule has 0 radical (unpaired) electrons. The second kappa shape index (κ2) is 7.54. The highest BCUT2D eigenvalue weighted by Crippen LogP contribution is 2.32. The monoisotopic (exact) mass is 263 g/mol. The molecule has 0 aromatic rings. The average molecular weight is 263 g/mol. The Morgan fingerprint density at radius 1 is 1.47 bits per heavy atom. The van der Waals surface area contributed by atoms with Gasteiger partial charge in [-0.25, -0.2) is 4.79 Å². The van der Waals surface area contributed by atoms with E-state index in [1.807, 2.05) is 21.1 Å². The third-order valence-electron chi connectivity index (χ3n) is 1.98. The molecule has 17 heavy (non-hydrogen) atoms. The summed E-state index contributed by atoms with van der Waals surface area (Å²) in [6.07, 6.45) is 1.51. The molecule has 5 nitrogen and oxygen atoms in total. The summed E-state index contributed by atoms with van der Waals surface area (Å²) in [7, 11) is 4.07. The lowest BCUT2D eigenvalue weighted by atomic mass is 10.5. The van der Waals surface area contributed by atoms with Gasteiger partial charge in [-0.15, -0.1) is 4.52 Å². The number of likely N-dealkylation sites (N-methyl/N-ethyl adjacent to an activating group) is 1. The summed E-state index contributed by atoms with van der Waals surface area (Å²) in [5, 5.41) is 0. The van der Waals surface area contributed by atoms with Crippen molar-refractivity contribution in [1.29, 1.82) is 0 Å². The minimum absolute atomic E-state index is 0.376. The molecule has 2 atom stereocenters. The van der Waals surface area contributed by atoms with Crippen LogP contribution in [0.5, 0.6) is 0 Å². The van der Waals surface area contributed by atoms with Gasteiger partial charge < -0.3 is 9.22 Å². The fourth-order valence-electron chi connectivity index (χ4n) is 0.945. The van der Waals surface area contributed by atoms with Crippen LogP contribution in [0.15, 0.2) is 12.7 Å². The molecule has 98 valence electrons. The van der Waals surface area contributed by atoms with E-state index in [1.165, 1.54) is 0 Å². The molecular formula is C11H22NO4P+2. The lowest BCUT2D eigenvalue weighted by molar-refractivity contribution is -0.870. The molecule has 0 N–H and O–H groups in total. The predicted octanol–water partition coefficient (Wildman–Crippen LogP) is 1.92. The van der Waals surface area contributed by atoms with Crippen LogP contribution in [0.25, 0.3) is 0 Å². The zero-order valence-corrected chi connectivity index (χ0v) is 11.9. The zero-order chi connectivity index (χ0) is 13.5. The van der Waals surface area contributed by atoms with Crippen LogP contribution < -0.4 is 0 Å². The molecule has 2 unspecified atom stereocenters. The molecule has 0 aliphatic rings. The van der Waals surface area contributed by atoms with Crippen LogP contribution in [0, 0.1) is 0 Å². The van der Waals surface area contributed by atoms with Crippen molar-refractivity contribution in [2.75, 3.05) is 34.3 Å². The standard InChI is InChI=1S/C11H22NO4P/c1-6-10(13)16-11(7-2)17(14)15-9-8-12(3,4)5/h6,11H,1,7-9H2,2-5H3/q+2. The lowest BCUT2D eigenvalue weighted by Crippen LogP contribution is -2.37. The predicted molar refractivity (Wildman–Crippen MR) is 66.8 cm³/mol. The highest BCUT2D eigenvalue weighted by molar-refractivity contribution is 7.39. The van der Waals surface area contributed by atoms with Crippen LogP contribution in [-0.4, -0.2) is 50.6 Å². The van der Waals surface area contributed by atoms with Crippen LogP contribution >= 0.6 is 8.03 Å². The van der Waals surface area contributed by atoms with Crippen LogP contribution in [0.1, 0.15) is 13.3 Å². The molecule has 0 heterocycles. The smallest absolute Gasteiger partial charge is 0.410 e. The zero-order valence-electron chi connectivity index (χ0n) is 11.0. The maximum absolute atomic E-state index is 11.7. The summed E-state index contributed by atoms with van der Waals surface area (Å²) in [6.45, 7) is 6.20. The third-order valence-corrected chi connectivity index (χ3v) is 3.36. The number of nitrogens with zero attached hydrogens (tertiary/aromatic N) is 1. The van der Waals surface area contributed by atoms with Crippen LogP contribution in [-0.2, 0) is 18.6 Å². The van der Waals surface area contributed by atoms with E-state index in [9.17, 15) is 9.36 Å². The Labute approximate surface area is 104 Å². The number of ether oxygens (including phenoxy) is 1. The van der Waals surface area contributed by atoms with Crippen molar-refractivity contribution in [1.82, 2.24) is 0 Å². The van der Waals surface area contributed by atoms with E-state index in [4.69, 9.17) is 9.26 Å². The molecule has 0 aromatic heterocycles. The first-order chi connectivity index (χ1) is 7.80. The number of carbonyl (C=O) groups is 1. The SMILES string of the molecule is C=CC(=O)OC(CC)[P+](=O)OCC[N+](C)(C)C. The van der Waals surface area contributed by atoms with E-state index in [0.29, 0.717) is 13.0 Å². The number of esters is 1. The van der Waals surface area contributed by atoms with Crippen LogP contribution in [0.3, 0.4) is 0 Å². The maximum Gasteiger partial charge on any atom is 0.553 e. The Morgan fingerprint density at radius 2 is 2.06 bits per heavy atom. The average Bonchev–Trinajstić information content (AvgIpc) is 2.23. The minimum Gasteiger partial charge on any atom is -0.410 e. The van der Waals surface area contributed by atoms with Crippen molar-refractivity contribution in [3.63, 3.8) is 0 Å². The Morgan fingerprint density at radius 3 is 2.47 bits per heavy atom. The highest BCUT2D eigenvalue weighted by Gasteiger charge is 2.34. The van der Waals surface area contributed by atoms with E-state index in [1.54, 1.807) is 6.92 Å². The number of rotatable bonds is 8. The van der Waals surface area contributed by atoms with Gasteiger partial charge in [-0.3, -0.25) is 0 Å². The second-order valence-corrected chi connectivity index (χ2v) is 6.04. The summed E-state index contributed by atoms with van der Waals surface area (Å²) in [4.78, 5) is 11.0. The van der Waals surface area contributed by atoms with Gasteiger partial charge in [0.05, 0.1) is 21.1 Å². The molecule has 0 bridgehead atoms. The normalized spacial score (nSPS) is 14.0. The maximum atomic E-state index is 11.7. The lowest BCUT2D eigenvalue weighted by Gasteiger charge is -2.22. The summed E-state index contributed by atoms with van der Waals surface area (Å²) in [6, 6.07) is 0. The van der Waals surface area contributed by atoms with Crippen LogP contribution in [0.4, 0.5) is 0 Å². The number of quaternary nitrogens is 1. The van der Waals surface area contributed by atoms with E-state index >= 15 is 0 Å². The number of hydrogen-bond acceptors (Lipinski definition) is 4. The summed E-state index contributed by atoms with van der Waals surface area (Å²) in [5.74, 6) is -1.27. The molecule has 0 spiro atoms. The first-order valence-corrected chi connectivity index (χ1v) is 6.77. The van der Waals surface area contributed by atoms with Crippen molar-refractivity contribution in [3.05, 3.63) is 12.7 Å². The van der Waals surface area contributed by atoms with Gasteiger partial charge in [0.25, 0.3) is 0 Å². The van der Waals surface area contributed by atoms with Crippen molar-refractivity contribution in [3.8, 4) is 0 Å². The topological polar surface area (TPSA) is 52.6 Å². The molecule has 0 fully saturated rings. The van der Waals surface area contributed by atoms with Gasteiger partial charge in [0.1, 0.15) is 6.54 Å². The first kappa shape index (κ1) is 16.2. The molecule has 0 rings (SSSR count). The third kappa shape index (κ3) is 8.02. The van der Waals surface area contributed by atoms with Crippen molar-refractivity contribution >= 4 is 14.0 Å². The van der Waals surface area contributed by atoms with E-state index < -0.39 is 19.8 Å². The summed E-state index contributed by atoms with van der Waals surface area (Å²) < 4.78 is 22.6. The Balaban J connectivity index is 4.09. The molecule has 6 heteroatoms. The fraction of sp³-hybridized carbons (Fsp3) is 0.727. The summed E-state index contributed by atoms with van der Waals surface area (Å²) >= 11 is 0. The first-order valence-electron chi connectivity index (χ1n) is 5.53. The number of carbonyl (C=O) groups excluding carboxylic acids is 1. The second-order valence-electron chi connectivity index (χ2n) is 4.64. The van der Waals surface area contributed by atoms with E-state index in [0.717, 1.165) is 17.1 Å².